The van der Waals surface area contributed by atoms with Crippen LogP contribution in [0.4, 0.5) is 4.79 Å². The number of nitrogens with one attached hydrogen (secondary N) is 1. The van der Waals surface area contributed by atoms with E-state index in [1.807, 2.05) is 20.8 Å². The summed E-state index contributed by atoms with van der Waals surface area (Å²) in [5.41, 5.74) is -0.531. The number of hydrogen-bond donors (Lipinski definition) is 2. The molecule has 2 N–H and O–H groups in total. The van der Waals surface area contributed by atoms with Crippen molar-refractivity contribution < 1.29 is 19.4 Å². The van der Waals surface area contributed by atoms with Crippen LogP contribution in [0.5, 0.6) is 0 Å². The highest BCUT2D eigenvalue weighted by Gasteiger charge is 2.26. The monoisotopic (exact) mass is 285 g/mol. The smallest absolute Gasteiger partial charge is 0.407 e. The third-order valence-corrected chi connectivity index (χ3v) is 3.66. The molecule has 1 aliphatic carbocycles. The van der Waals surface area contributed by atoms with E-state index in [-0.39, 0.29) is 12.3 Å². The van der Waals surface area contributed by atoms with Crippen LogP contribution in [-0.4, -0.2) is 29.3 Å². The number of carboxylic acids is 1. The van der Waals surface area contributed by atoms with Gasteiger partial charge in [0.1, 0.15) is 5.60 Å². The summed E-state index contributed by atoms with van der Waals surface area (Å²) < 4.78 is 5.18. The van der Waals surface area contributed by atoms with Gasteiger partial charge in [-0.2, -0.15) is 0 Å². The Hall–Kier alpha value is -1.26. The molecule has 20 heavy (non-hydrogen) atoms. The van der Waals surface area contributed by atoms with E-state index >= 15 is 0 Å². The third-order valence-electron chi connectivity index (χ3n) is 3.66. The van der Waals surface area contributed by atoms with E-state index in [1.54, 1.807) is 0 Å². The van der Waals surface area contributed by atoms with Crippen LogP contribution in [0.15, 0.2) is 0 Å². The lowest BCUT2D eigenvalue weighted by Crippen LogP contribution is -2.38. The summed E-state index contributed by atoms with van der Waals surface area (Å²) in [6, 6.07) is 0. The summed E-state index contributed by atoms with van der Waals surface area (Å²) in [4.78, 5) is 22.6. The van der Waals surface area contributed by atoms with Crippen molar-refractivity contribution in [3.05, 3.63) is 0 Å². The van der Waals surface area contributed by atoms with E-state index in [0.717, 1.165) is 25.7 Å². The number of carbonyl (C=O) groups is 2. The Kier molecular flexibility index (Phi) is 6.30. The minimum absolute atomic E-state index is 0.000295. The van der Waals surface area contributed by atoms with E-state index < -0.39 is 17.7 Å². The Morgan fingerprint density at radius 3 is 2.35 bits per heavy atom. The maximum absolute atomic E-state index is 11.7. The van der Waals surface area contributed by atoms with Gasteiger partial charge < -0.3 is 15.2 Å². The molecule has 1 amide bonds. The minimum atomic E-state index is -0.799. The van der Waals surface area contributed by atoms with Crippen molar-refractivity contribution in [2.24, 2.45) is 11.8 Å². The van der Waals surface area contributed by atoms with Gasteiger partial charge in [-0.3, -0.25) is 4.79 Å². The second-order valence-electron chi connectivity index (χ2n) is 6.64. The van der Waals surface area contributed by atoms with Gasteiger partial charge in [0.05, 0.1) is 6.42 Å². The van der Waals surface area contributed by atoms with Crippen LogP contribution in [0.2, 0.25) is 0 Å². The van der Waals surface area contributed by atoms with Crippen LogP contribution in [-0.2, 0) is 9.53 Å². The second kappa shape index (κ2) is 7.50. The predicted molar refractivity (Wildman–Crippen MR) is 76.6 cm³/mol. The number of ether oxygens (including phenoxy) is 1. The Morgan fingerprint density at radius 1 is 1.25 bits per heavy atom. The molecular formula is C15H27NO4. The zero-order chi connectivity index (χ0) is 15.2. The first kappa shape index (κ1) is 16.8. The highest BCUT2D eigenvalue weighted by Crippen LogP contribution is 2.31. The molecule has 0 bridgehead atoms. The number of alkyl carbamates (subject to hydrolysis) is 1. The summed E-state index contributed by atoms with van der Waals surface area (Å²) in [6.45, 7) is 5.80. The van der Waals surface area contributed by atoms with Crippen molar-refractivity contribution in [1.82, 2.24) is 5.32 Å². The van der Waals surface area contributed by atoms with Crippen molar-refractivity contribution in [2.45, 2.75) is 64.9 Å². The molecule has 0 heterocycles. The molecule has 116 valence electrons. The van der Waals surface area contributed by atoms with Gasteiger partial charge in [-0.05, 0) is 32.6 Å². The summed E-state index contributed by atoms with van der Waals surface area (Å²) in [5, 5.41) is 11.7. The third kappa shape index (κ3) is 6.78. The first-order valence-electron chi connectivity index (χ1n) is 7.46. The van der Waals surface area contributed by atoms with Crippen molar-refractivity contribution in [1.29, 1.82) is 0 Å². The number of carbonyl (C=O) groups excluding carboxylic acids is 1. The summed E-state index contributed by atoms with van der Waals surface area (Å²) >= 11 is 0. The lowest BCUT2D eigenvalue weighted by atomic mass is 9.78. The molecule has 1 fully saturated rings. The van der Waals surface area contributed by atoms with Crippen molar-refractivity contribution in [3.63, 3.8) is 0 Å². The molecule has 1 atom stereocenters. The molecule has 1 saturated carbocycles. The largest absolute Gasteiger partial charge is 0.481 e. The fourth-order valence-electron chi connectivity index (χ4n) is 2.76. The lowest BCUT2D eigenvalue weighted by Gasteiger charge is -2.30. The zero-order valence-electron chi connectivity index (χ0n) is 12.8. The minimum Gasteiger partial charge on any atom is -0.481 e. The van der Waals surface area contributed by atoms with E-state index in [2.05, 4.69) is 5.32 Å². The van der Waals surface area contributed by atoms with Crippen LogP contribution >= 0.6 is 0 Å². The zero-order valence-corrected chi connectivity index (χ0v) is 12.8. The van der Waals surface area contributed by atoms with Crippen LogP contribution in [0.3, 0.4) is 0 Å². The van der Waals surface area contributed by atoms with Gasteiger partial charge in [0.25, 0.3) is 0 Å². The number of carboxylic acid groups (broad SMARTS) is 1. The quantitative estimate of drug-likeness (QED) is 0.813. The standard InChI is InChI=1S/C15H27NO4/c1-15(2,3)20-14(19)16-10-12(9-13(17)18)11-7-5-4-6-8-11/h11-12H,4-10H2,1-3H3,(H,16,19)(H,17,18)/t12-/m1/s1. The Labute approximate surface area is 121 Å². The molecular weight excluding hydrogens is 258 g/mol. The molecule has 0 aliphatic heterocycles. The van der Waals surface area contributed by atoms with E-state index in [1.165, 1.54) is 6.42 Å². The molecule has 0 aromatic rings. The topological polar surface area (TPSA) is 75.6 Å². The van der Waals surface area contributed by atoms with Crippen LogP contribution in [0.25, 0.3) is 0 Å². The summed E-state index contributed by atoms with van der Waals surface area (Å²) in [5.74, 6) is -0.401. The van der Waals surface area contributed by atoms with Crippen molar-refractivity contribution in [3.8, 4) is 0 Å². The molecule has 0 aromatic heterocycles. The van der Waals surface area contributed by atoms with Gasteiger partial charge in [-0.15, -0.1) is 0 Å². The Morgan fingerprint density at radius 2 is 1.85 bits per heavy atom. The molecule has 5 nitrogen and oxygen atoms in total. The van der Waals surface area contributed by atoms with Gasteiger partial charge in [0.15, 0.2) is 0 Å². The molecule has 1 aliphatic rings. The van der Waals surface area contributed by atoms with Gasteiger partial charge in [0, 0.05) is 6.54 Å². The maximum atomic E-state index is 11.7. The molecule has 0 spiro atoms. The molecule has 0 saturated heterocycles. The first-order chi connectivity index (χ1) is 9.28. The fraction of sp³-hybridized carbons (Fsp3) is 0.867. The van der Waals surface area contributed by atoms with Crippen LogP contribution in [0, 0.1) is 11.8 Å². The number of rotatable bonds is 5. The molecule has 1 rings (SSSR count). The molecule has 0 aromatic carbocycles. The average molecular weight is 285 g/mol. The molecule has 5 heteroatoms. The summed E-state index contributed by atoms with van der Waals surface area (Å²) in [6.07, 6.45) is 5.32. The highest BCUT2D eigenvalue weighted by atomic mass is 16.6. The number of hydrogen-bond acceptors (Lipinski definition) is 3. The first-order valence-corrected chi connectivity index (χ1v) is 7.46. The van der Waals surface area contributed by atoms with E-state index in [0.29, 0.717) is 12.5 Å². The second-order valence-corrected chi connectivity index (χ2v) is 6.64. The van der Waals surface area contributed by atoms with E-state index in [4.69, 9.17) is 9.84 Å². The van der Waals surface area contributed by atoms with Crippen LogP contribution < -0.4 is 5.32 Å². The summed E-state index contributed by atoms with van der Waals surface area (Å²) in [7, 11) is 0. The number of amides is 1. The van der Waals surface area contributed by atoms with Gasteiger partial charge in [-0.1, -0.05) is 32.1 Å². The highest BCUT2D eigenvalue weighted by molar-refractivity contribution is 5.69. The molecule has 0 radical (unpaired) electrons. The SMILES string of the molecule is CC(C)(C)OC(=O)NC[C@@H](CC(=O)O)C1CCCCC1. The van der Waals surface area contributed by atoms with Crippen LogP contribution in [0.1, 0.15) is 59.3 Å². The van der Waals surface area contributed by atoms with Crippen molar-refractivity contribution >= 4 is 12.1 Å². The van der Waals surface area contributed by atoms with E-state index in [9.17, 15) is 9.59 Å². The van der Waals surface area contributed by atoms with Gasteiger partial charge >= 0.3 is 12.1 Å². The predicted octanol–water partition coefficient (Wildman–Crippen LogP) is 3.18. The Bertz CT molecular complexity index is 329. The lowest BCUT2D eigenvalue weighted by molar-refractivity contribution is -0.138. The Balaban J connectivity index is 2.47. The maximum Gasteiger partial charge on any atom is 0.407 e. The van der Waals surface area contributed by atoms with Gasteiger partial charge in [0.2, 0.25) is 0 Å². The fourth-order valence-corrected chi connectivity index (χ4v) is 2.76. The van der Waals surface area contributed by atoms with Crippen molar-refractivity contribution in [2.75, 3.05) is 6.54 Å². The van der Waals surface area contributed by atoms with Gasteiger partial charge in [-0.25, -0.2) is 4.79 Å². The molecule has 0 unspecified atom stereocenters. The average Bonchev–Trinajstić information content (AvgIpc) is 2.33. The number of aliphatic carboxylic acids is 1. The normalized spacial score (nSPS) is 18.4.